The second kappa shape index (κ2) is 6.47. The van der Waals surface area contributed by atoms with E-state index in [9.17, 15) is 0 Å². The van der Waals surface area contributed by atoms with Crippen molar-refractivity contribution in [3.63, 3.8) is 0 Å². The summed E-state index contributed by atoms with van der Waals surface area (Å²) in [5.74, 6) is 0. The second-order valence-electron chi connectivity index (χ2n) is 7.28. The fraction of sp³-hybridized carbons (Fsp3) is 0.667. The van der Waals surface area contributed by atoms with Crippen LogP contribution in [0.15, 0.2) is 24.3 Å². The Morgan fingerprint density at radius 1 is 1.14 bits per heavy atom. The van der Waals surface area contributed by atoms with Crippen LogP contribution in [0.2, 0.25) is 0 Å². The monoisotopic (exact) mass is 287 g/mol. The van der Waals surface area contributed by atoms with Crippen molar-refractivity contribution in [2.45, 2.75) is 26.8 Å². The van der Waals surface area contributed by atoms with Crippen LogP contribution < -0.4 is 5.32 Å². The minimum absolute atomic E-state index is 0.499. The van der Waals surface area contributed by atoms with Crippen LogP contribution in [0.1, 0.15) is 24.5 Å². The molecule has 0 spiro atoms. The highest BCUT2D eigenvalue weighted by atomic mass is 15.3. The van der Waals surface area contributed by atoms with Crippen LogP contribution in [-0.2, 0) is 6.54 Å². The van der Waals surface area contributed by atoms with Crippen molar-refractivity contribution in [1.82, 2.24) is 15.1 Å². The van der Waals surface area contributed by atoms with Gasteiger partial charge in [-0.15, -0.1) is 0 Å². The summed E-state index contributed by atoms with van der Waals surface area (Å²) in [7, 11) is 0. The first kappa shape index (κ1) is 15.0. The average Bonchev–Trinajstić information content (AvgIpc) is 2.88. The van der Waals surface area contributed by atoms with Gasteiger partial charge in [0.1, 0.15) is 0 Å². The van der Waals surface area contributed by atoms with Gasteiger partial charge in [-0.25, -0.2) is 0 Å². The normalized spacial score (nSPS) is 28.1. The molecule has 0 saturated carbocycles. The molecule has 1 N–H and O–H groups in total. The van der Waals surface area contributed by atoms with Crippen LogP contribution in [0.25, 0.3) is 0 Å². The summed E-state index contributed by atoms with van der Waals surface area (Å²) in [4.78, 5) is 5.26. The molecule has 116 valence electrons. The molecule has 1 aromatic rings. The zero-order valence-corrected chi connectivity index (χ0v) is 13.6. The van der Waals surface area contributed by atoms with Crippen LogP contribution in [0.5, 0.6) is 0 Å². The lowest BCUT2D eigenvalue weighted by Gasteiger charge is -2.38. The third-order valence-corrected chi connectivity index (χ3v) is 5.02. The smallest absolute Gasteiger partial charge is 0.0234 e. The predicted molar refractivity (Wildman–Crippen MR) is 88.5 cm³/mol. The summed E-state index contributed by atoms with van der Waals surface area (Å²) < 4.78 is 0. The quantitative estimate of drug-likeness (QED) is 0.915. The molecular formula is C18H29N3. The topological polar surface area (TPSA) is 18.5 Å². The van der Waals surface area contributed by atoms with E-state index in [2.05, 4.69) is 53.2 Å². The summed E-state index contributed by atoms with van der Waals surface area (Å²) in [5.41, 5.74) is 3.32. The van der Waals surface area contributed by atoms with Gasteiger partial charge in [-0.05, 0) is 30.9 Å². The Bertz CT molecular complexity index is 457. The molecule has 3 heteroatoms. The molecule has 0 radical (unpaired) electrons. The lowest BCUT2D eigenvalue weighted by atomic mass is 9.89. The molecule has 0 bridgehead atoms. The molecule has 1 unspecified atom stereocenters. The van der Waals surface area contributed by atoms with Crippen molar-refractivity contribution < 1.29 is 0 Å². The molecule has 0 amide bonds. The van der Waals surface area contributed by atoms with Crippen molar-refractivity contribution in [2.75, 3.05) is 45.8 Å². The zero-order chi connectivity index (χ0) is 14.7. The van der Waals surface area contributed by atoms with E-state index in [1.807, 2.05) is 0 Å². The van der Waals surface area contributed by atoms with Crippen molar-refractivity contribution >= 4 is 0 Å². The highest BCUT2D eigenvalue weighted by molar-refractivity contribution is 5.22. The van der Waals surface area contributed by atoms with Gasteiger partial charge in [0, 0.05) is 45.8 Å². The number of hydrogen-bond acceptors (Lipinski definition) is 3. The summed E-state index contributed by atoms with van der Waals surface area (Å²) in [6.07, 6.45) is 1.33. The van der Waals surface area contributed by atoms with Gasteiger partial charge >= 0.3 is 0 Å². The van der Waals surface area contributed by atoms with Crippen molar-refractivity contribution in [3.8, 4) is 0 Å². The highest BCUT2D eigenvalue weighted by Crippen LogP contribution is 2.26. The van der Waals surface area contributed by atoms with E-state index in [1.165, 1.54) is 63.4 Å². The van der Waals surface area contributed by atoms with Gasteiger partial charge in [0.15, 0.2) is 0 Å². The molecule has 0 aliphatic carbocycles. The Labute approximate surface area is 129 Å². The molecule has 3 nitrogen and oxygen atoms in total. The first-order valence-electron chi connectivity index (χ1n) is 8.34. The summed E-state index contributed by atoms with van der Waals surface area (Å²) in [5, 5.41) is 3.51. The third-order valence-electron chi connectivity index (χ3n) is 5.02. The molecule has 0 aromatic heterocycles. The number of piperazine rings is 1. The van der Waals surface area contributed by atoms with Gasteiger partial charge in [-0.1, -0.05) is 36.8 Å². The first-order chi connectivity index (χ1) is 10.1. The summed E-state index contributed by atoms with van der Waals surface area (Å²) in [6, 6.07) is 8.93. The van der Waals surface area contributed by atoms with Crippen LogP contribution in [0.4, 0.5) is 0 Å². The lowest BCUT2D eigenvalue weighted by Crippen LogP contribution is -2.49. The van der Waals surface area contributed by atoms with E-state index in [0.717, 1.165) is 6.54 Å². The van der Waals surface area contributed by atoms with E-state index in [4.69, 9.17) is 0 Å². The van der Waals surface area contributed by atoms with E-state index in [0.29, 0.717) is 5.41 Å². The van der Waals surface area contributed by atoms with Gasteiger partial charge in [-0.3, -0.25) is 4.90 Å². The average molecular weight is 287 g/mol. The molecular weight excluding hydrogens is 258 g/mol. The Hall–Kier alpha value is -0.900. The molecule has 3 rings (SSSR count). The summed E-state index contributed by atoms with van der Waals surface area (Å²) in [6.45, 7) is 14.2. The Morgan fingerprint density at radius 2 is 1.90 bits per heavy atom. The number of rotatable bonds is 4. The summed E-state index contributed by atoms with van der Waals surface area (Å²) >= 11 is 0. The van der Waals surface area contributed by atoms with E-state index >= 15 is 0 Å². The van der Waals surface area contributed by atoms with E-state index in [-0.39, 0.29) is 0 Å². The Morgan fingerprint density at radius 3 is 2.57 bits per heavy atom. The molecule has 21 heavy (non-hydrogen) atoms. The largest absolute Gasteiger partial charge is 0.316 e. The molecule has 1 aromatic carbocycles. The zero-order valence-electron chi connectivity index (χ0n) is 13.6. The standard InChI is InChI=1S/C18H29N3/c1-16-4-3-5-17(12-16)13-20-8-10-21(11-9-20)15-18(2)6-7-19-14-18/h3-5,12,19H,6-11,13-15H2,1-2H3. The molecule has 2 saturated heterocycles. The molecule has 1 atom stereocenters. The van der Waals surface area contributed by atoms with E-state index in [1.54, 1.807) is 0 Å². The van der Waals surface area contributed by atoms with Crippen molar-refractivity contribution in [1.29, 1.82) is 0 Å². The van der Waals surface area contributed by atoms with Crippen LogP contribution in [0, 0.1) is 12.3 Å². The van der Waals surface area contributed by atoms with Gasteiger partial charge in [0.25, 0.3) is 0 Å². The SMILES string of the molecule is Cc1cccc(CN2CCN(CC3(C)CCNC3)CC2)c1. The highest BCUT2D eigenvalue weighted by Gasteiger charge is 2.31. The minimum Gasteiger partial charge on any atom is -0.316 e. The number of nitrogens with zero attached hydrogens (tertiary/aromatic N) is 2. The van der Waals surface area contributed by atoms with Crippen molar-refractivity contribution in [3.05, 3.63) is 35.4 Å². The van der Waals surface area contributed by atoms with Crippen LogP contribution >= 0.6 is 0 Å². The molecule has 2 aliphatic heterocycles. The number of benzene rings is 1. The third kappa shape index (κ3) is 4.06. The molecule has 2 aliphatic rings. The maximum absolute atomic E-state index is 3.51. The Balaban J connectivity index is 1.46. The number of aryl methyl sites for hydroxylation is 1. The number of nitrogens with one attached hydrogen (secondary N) is 1. The van der Waals surface area contributed by atoms with Gasteiger partial charge in [0.2, 0.25) is 0 Å². The van der Waals surface area contributed by atoms with Crippen LogP contribution in [-0.4, -0.2) is 55.6 Å². The first-order valence-corrected chi connectivity index (χ1v) is 8.34. The lowest BCUT2D eigenvalue weighted by molar-refractivity contribution is 0.0933. The van der Waals surface area contributed by atoms with Gasteiger partial charge in [0.05, 0.1) is 0 Å². The van der Waals surface area contributed by atoms with E-state index < -0.39 is 0 Å². The Kier molecular flexibility index (Phi) is 4.63. The number of hydrogen-bond donors (Lipinski definition) is 1. The second-order valence-corrected chi connectivity index (χ2v) is 7.28. The fourth-order valence-corrected chi connectivity index (χ4v) is 3.72. The minimum atomic E-state index is 0.499. The predicted octanol–water partition coefficient (Wildman–Crippen LogP) is 2.11. The van der Waals surface area contributed by atoms with Gasteiger partial charge in [-0.2, -0.15) is 0 Å². The fourth-order valence-electron chi connectivity index (χ4n) is 3.72. The molecule has 2 heterocycles. The van der Waals surface area contributed by atoms with Gasteiger partial charge < -0.3 is 10.2 Å². The van der Waals surface area contributed by atoms with Crippen molar-refractivity contribution in [2.24, 2.45) is 5.41 Å². The molecule has 2 fully saturated rings. The maximum Gasteiger partial charge on any atom is 0.0234 e. The maximum atomic E-state index is 3.51. The van der Waals surface area contributed by atoms with Crippen LogP contribution in [0.3, 0.4) is 0 Å².